The Bertz CT molecular complexity index is 163. The average molecular weight is 156 g/mol. The molecule has 1 heterocycles. The molecule has 0 saturated carbocycles. The Balaban J connectivity index is 2.53. The van der Waals surface area contributed by atoms with Crippen LogP contribution in [0.3, 0.4) is 0 Å². The molecule has 0 aliphatic carbocycles. The second-order valence-electron chi connectivity index (χ2n) is 2.16. The number of aliphatic imine (C=N–C) groups is 1. The van der Waals surface area contributed by atoms with Gasteiger partial charge in [-0.25, -0.2) is 4.99 Å². The quantitative estimate of drug-likeness (QED) is 0.572. The molecule has 1 aliphatic heterocycles. The van der Waals surface area contributed by atoms with Crippen molar-refractivity contribution in [1.29, 1.82) is 0 Å². The van der Waals surface area contributed by atoms with Crippen LogP contribution < -0.4 is 0 Å². The van der Waals surface area contributed by atoms with E-state index >= 15 is 0 Å². The minimum atomic E-state index is 1.13. The van der Waals surface area contributed by atoms with E-state index in [4.69, 9.17) is 0 Å². The second-order valence-corrected chi connectivity index (χ2v) is 3.23. The van der Waals surface area contributed by atoms with E-state index in [9.17, 15) is 0 Å². The molecule has 1 saturated heterocycles. The van der Waals surface area contributed by atoms with Crippen molar-refractivity contribution in [2.75, 3.05) is 19.3 Å². The molecule has 0 spiro atoms. The smallest absolute Gasteiger partial charge is 0.163 e. The van der Waals surface area contributed by atoms with Crippen LogP contribution in [0.25, 0.3) is 0 Å². The zero-order valence-electron chi connectivity index (χ0n) is 6.37. The first-order valence-corrected chi connectivity index (χ1v) is 4.36. The largest absolute Gasteiger partial charge is 0.353 e. The molecule has 2 nitrogen and oxygen atoms in total. The lowest BCUT2D eigenvalue weighted by Crippen LogP contribution is -2.17. The van der Waals surface area contributed by atoms with Crippen molar-refractivity contribution < 1.29 is 0 Å². The maximum Gasteiger partial charge on any atom is 0.163 e. The van der Waals surface area contributed by atoms with Crippen LogP contribution in [0.1, 0.15) is 6.92 Å². The third-order valence-corrected chi connectivity index (χ3v) is 2.38. The van der Waals surface area contributed by atoms with Crippen LogP contribution >= 0.6 is 11.8 Å². The first-order valence-electron chi connectivity index (χ1n) is 3.37. The molecule has 0 amide bonds. The molecule has 1 fully saturated rings. The van der Waals surface area contributed by atoms with E-state index in [1.54, 1.807) is 0 Å². The maximum absolute atomic E-state index is 4.25. The number of amidine groups is 1. The van der Waals surface area contributed by atoms with Crippen LogP contribution in [0.5, 0.6) is 0 Å². The minimum Gasteiger partial charge on any atom is -0.353 e. The molecule has 0 aromatic carbocycles. The van der Waals surface area contributed by atoms with Crippen molar-refractivity contribution in [3.63, 3.8) is 0 Å². The van der Waals surface area contributed by atoms with Gasteiger partial charge < -0.3 is 4.90 Å². The monoisotopic (exact) mass is 156 g/mol. The van der Waals surface area contributed by atoms with Crippen molar-refractivity contribution >= 4 is 16.9 Å². The minimum absolute atomic E-state index is 1.13. The fourth-order valence-corrected chi connectivity index (χ4v) is 1.75. The number of allylic oxidation sites excluding steroid dienone is 1. The lowest BCUT2D eigenvalue weighted by Gasteiger charge is -2.07. The third-order valence-electron chi connectivity index (χ3n) is 1.32. The number of rotatable bonds is 1. The SMILES string of the molecule is C/C=C\N=C1SCCN1C. The molecule has 3 heteroatoms. The molecule has 0 radical (unpaired) electrons. The van der Waals surface area contributed by atoms with Crippen molar-refractivity contribution in [3.05, 3.63) is 12.3 Å². The van der Waals surface area contributed by atoms with Gasteiger partial charge in [-0.1, -0.05) is 17.8 Å². The zero-order chi connectivity index (χ0) is 7.40. The van der Waals surface area contributed by atoms with Gasteiger partial charge in [0, 0.05) is 25.5 Å². The molecule has 0 aromatic rings. The van der Waals surface area contributed by atoms with Crippen LogP contribution in [0.15, 0.2) is 17.3 Å². The molecule has 0 N–H and O–H groups in total. The molecule has 0 atom stereocenters. The predicted octanol–water partition coefficient (Wildman–Crippen LogP) is 1.55. The van der Waals surface area contributed by atoms with Gasteiger partial charge in [0.05, 0.1) is 0 Å². The number of nitrogens with zero attached hydrogens (tertiary/aromatic N) is 2. The van der Waals surface area contributed by atoms with Crippen LogP contribution in [-0.4, -0.2) is 29.4 Å². The van der Waals surface area contributed by atoms with Crippen molar-refractivity contribution in [1.82, 2.24) is 4.90 Å². The lowest BCUT2D eigenvalue weighted by molar-refractivity contribution is 0.563. The van der Waals surface area contributed by atoms with Gasteiger partial charge in [-0.15, -0.1) is 0 Å². The van der Waals surface area contributed by atoms with Crippen LogP contribution in [0.2, 0.25) is 0 Å². The Kier molecular flexibility index (Phi) is 2.81. The summed E-state index contributed by atoms with van der Waals surface area (Å²) in [6.45, 7) is 3.10. The molecular formula is C7H12N2S. The van der Waals surface area contributed by atoms with Crippen LogP contribution in [0, 0.1) is 0 Å². The standard InChI is InChI=1S/C7H12N2S/c1-3-4-8-7-9(2)5-6-10-7/h3-4H,5-6H2,1-2H3/b4-3-,8-7?. The molecule has 56 valence electrons. The molecule has 0 unspecified atom stereocenters. The van der Waals surface area contributed by atoms with Crippen molar-refractivity contribution in [3.8, 4) is 0 Å². The second kappa shape index (κ2) is 3.66. The van der Waals surface area contributed by atoms with Gasteiger partial charge >= 0.3 is 0 Å². The fraction of sp³-hybridized carbons (Fsp3) is 0.571. The summed E-state index contributed by atoms with van der Waals surface area (Å²) in [5.41, 5.74) is 0. The highest BCUT2D eigenvalue weighted by molar-refractivity contribution is 8.14. The van der Waals surface area contributed by atoms with Gasteiger partial charge in [-0.05, 0) is 6.92 Å². The third kappa shape index (κ3) is 1.77. The maximum atomic E-state index is 4.25. The molecule has 0 bridgehead atoms. The van der Waals surface area contributed by atoms with Crippen LogP contribution in [-0.2, 0) is 0 Å². The summed E-state index contributed by atoms with van der Waals surface area (Å²) in [5, 5.41) is 1.14. The molecule has 0 aromatic heterocycles. The molecule has 10 heavy (non-hydrogen) atoms. The highest BCUT2D eigenvalue weighted by Gasteiger charge is 2.13. The Morgan fingerprint density at radius 2 is 2.50 bits per heavy atom. The lowest BCUT2D eigenvalue weighted by atomic mass is 10.7. The van der Waals surface area contributed by atoms with Crippen molar-refractivity contribution in [2.24, 2.45) is 4.99 Å². The number of hydrogen-bond acceptors (Lipinski definition) is 2. The molecule has 1 aliphatic rings. The summed E-state index contributed by atoms with van der Waals surface area (Å²) in [6, 6.07) is 0. The van der Waals surface area contributed by atoms with Gasteiger partial charge in [0.25, 0.3) is 0 Å². The Morgan fingerprint density at radius 3 is 3.00 bits per heavy atom. The van der Waals surface area contributed by atoms with E-state index in [2.05, 4.69) is 16.9 Å². The zero-order valence-corrected chi connectivity index (χ0v) is 7.19. The highest BCUT2D eigenvalue weighted by Crippen LogP contribution is 2.15. The normalized spacial score (nSPS) is 23.4. The van der Waals surface area contributed by atoms with E-state index in [0.717, 1.165) is 11.7 Å². The Morgan fingerprint density at radius 1 is 1.70 bits per heavy atom. The van der Waals surface area contributed by atoms with E-state index in [0.29, 0.717) is 0 Å². The van der Waals surface area contributed by atoms with E-state index in [-0.39, 0.29) is 0 Å². The number of hydrogen-bond donors (Lipinski definition) is 0. The summed E-state index contributed by atoms with van der Waals surface area (Å²) in [6.07, 6.45) is 3.78. The van der Waals surface area contributed by atoms with E-state index in [1.165, 1.54) is 5.75 Å². The summed E-state index contributed by atoms with van der Waals surface area (Å²) in [4.78, 5) is 6.42. The van der Waals surface area contributed by atoms with Gasteiger partial charge in [-0.3, -0.25) is 0 Å². The van der Waals surface area contributed by atoms with Crippen LogP contribution in [0.4, 0.5) is 0 Å². The highest BCUT2D eigenvalue weighted by atomic mass is 32.2. The summed E-state index contributed by atoms with van der Waals surface area (Å²) < 4.78 is 0. The van der Waals surface area contributed by atoms with Gasteiger partial charge in [-0.2, -0.15) is 0 Å². The van der Waals surface area contributed by atoms with E-state index < -0.39 is 0 Å². The predicted molar refractivity (Wildman–Crippen MR) is 47.3 cm³/mol. The van der Waals surface area contributed by atoms with Gasteiger partial charge in [0.2, 0.25) is 0 Å². The Hall–Kier alpha value is -0.440. The average Bonchev–Trinajstić information content (AvgIpc) is 2.31. The van der Waals surface area contributed by atoms with Crippen molar-refractivity contribution in [2.45, 2.75) is 6.92 Å². The summed E-state index contributed by atoms with van der Waals surface area (Å²) in [5.74, 6) is 1.17. The Labute approximate surface area is 66.0 Å². The fourth-order valence-electron chi connectivity index (χ4n) is 0.754. The summed E-state index contributed by atoms with van der Waals surface area (Å²) >= 11 is 1.82. The van der Waals surface area contributed by atoms with Gasteiger partial charge in [0.15, 0.2) is 5.17 Å². The topological polar surface area (TPSA) is 15.6 Å². The number of thioether (sulfide) groups is 1. The van der Waals surface area contributed by atoms with Gasteiger partial charge in [0.1, 0.15) is 0 Å². The molecular weight excluding hydrogens is 144 g/mol. The first-order chi connectivity index (χ1) is 4.84. The summed E-state index contributed by atoms with van der Waals surface area (Å²) in [7, 11) is 2.07. The molecule has 1 rings (SSSR count). The van der Waals surface area contributed by atoms with E-state index in [1.807, 2.05) is 31.0 Å². The first kappa shape index (κ1) is 7.66.